The van der Waals surface area contributed by atoms with E-state index in [4.69, 9.17) is 0 Å². The summed E-state index contributed by atoms with van der Waals surface area (Å²) in [5, 5.41) is 11.0. The first kappa shape index (κ1) is 16.9. The van der Waals surface area contributed by atoms with Crippen molar-refractivity contribution in [3.8, 4) is 0 Å². The highest BCUT2D eigenvalue weighted by Gasteiger charge is 2.27. The van der Waals surface area contributed by atoms with Gasteiger partial charge in [0.25, 0.3) is 5.69 Å². The Bertz CT molecular complexity index is 622. The third kappa shape index (κ3) is 4.04. The SMILES string of the molecule is CCC1CCC(CNS(=O)(=O)c2ccccc2[N+](=O)[O-])CC1. The Hall–Kier alpha value is -1.47. The van der Waals surface area contributed by atoms with Gasteiger partial charge in [0.05, 0.1) is 4.92 Å². The molecule has 0 spiro atoms. The molecule has 22 heavy (non-hydrogen) atoms. The van der Waals surface area contributed by atoms with Crippen LogP contribution in [0.5, 0.6) is 0 Å². The zero-order valence-corrected chi connectivity index (χ0v) is 13.5. The lowest BCUT2D eigenvalue weighted by Gasteiger charge is -2.27. The predicted octanol–water partition coefficient (Wildman–Crippen LogP) is 3.09. The van der Waals surface area contributed by atoms with Gasteiger partial charge in [0.2, 0.25) is 10.0 Å². The number of hydrogen-bond donors (Lipinski definition) is 1. The van der Waals surface area contributed by atoms with E-state index in [0.29, 0.717) is 12.5 Å². The molecule has 122 valence electrons. The number of nitrogens with zero attached hydrogens (tertiary/aromatic N) is 1. The van der Waals surface area contributed by atoms with E-state index in [-0.39, 0.29) is 10.6 Å². The average Bonchev–Trinajstić information content (AvgIpc) is 2.53. The summed E-state index contributed by atoms with van der Waals surface area (Å²) in [6.07, 6.45) is 5.47. The lowest BCUT2D eigenvalue weighted by Crippen LogP contribution is -2.31. The maximum Gasteiger partial charge on any atom is 0.289 e. The van der Waals surface area contributed by atoms with Crippen molar-refractivity contribution >= 4 is 15.7 Å². The van der Waals surface area contributed by atoms with Gasteiger partial charge < -0.3 is 0 Å². The Labute approximate surface area is 131 Å². The lowest BCUT2D eigenvalue weighted by atomic mass is 9.81. The molecule has 1 aliphatic carbocycles. The van der Waals surface area contributed by atoms with E-state index in [1.54, 1.807) is 0 Å². The van der Waals surface area contributed by atoms with Crippen LogP contribution >= 0.6 is 0 Å². The molecule has 0 aliphatic heterocycles. The fourth-order valence-electron chi connectivity index (χ4n) is 2.98. The van der Waals surface area contributed by atoms with Crippen molar-refractivity contribution in [3.63, 3.8) is 0 Å². The van der Waals surface area contributed by atoms with Crippen LogP contribution < -0.4 is 4.72 Å². The predicted molar refractivity (Wildman–Crippen MR) is 84.0 cm³/mol. The first-order valence-corrected chi connectivity index (χ1v) is 9.15. The van der Waals surface area contributed by atoms with Gasteiger partial charge >= 0.3 is 0 Å². The Morgan fingerprint density at radius 3 is 2.36 bits per heavy atom. The third-order valence-electron chi connectivity index (χ3n) is 4.46. The quantitative estimate of drug-likeness (QED) is 0.642. The molecule has 0 atom stereocenters. The molecule has 0 aromatic heterocycles. The van der Waals surface area contributed by atoms with E-state index >= 15 is 0 Å². The Balaban J connectivity index is 2.02. The summed E-state index contributed by atoms with van der Waals surface area (Å²) in [6.45, 7) is 2.53. The van der Waals surface area contributed by atoms with Crippen molar-refractivity contribution < 1.29 is 13.3 Å². The molecule has 0 amide bonds. The number of para-hydroxylation sites is 1. The molecule has 6 nitrogen and oxygen atoms in total. The monoisotopic (exact) mass is 326 g/mol. The van der Waals surface area contributed by atoms with Crippen molar-refractivity contribution in [1.82, 2.24) is 4.72 Å². The lowest BCUT2D eigenvalue weighted by molar-refractivity contribution is -0.387. The van der Waals surface area contributed by atoms with Crippen molar-refractivity contribution in [2.75, 3.05) is 6.54 Å². The molecule has 1 N–H and O–H groups in total. The van der Waals surface area contributed by atoms with Gasteiger partial charge in [-0.05, 0) is 30.7 Å². The highest BCUT2D eigenvalue weighted by Crippen LogP contribution is 2.30. The summed E-state index contributed by atoms with van der Waals surface area (Å²) in [4.78, 5) is 10.0. The molecular weight excluding hydrogens is 304 g/mol. The molecule has 7 heteroatoms. The van der Waals surface area contributed by atoms with Crippen LogP contribution in [0, 0.1) is 22.0 Å². The van der Waals surface area contributed by atoms with Crippen molar-refractivity contribution in [2.24, 2.45) is 11.8 Å². The second-order valence-electron chi connectivity index (χ2n) is 5.87. The summed E-state index contributed by atoms with van der Waals surface area (Å²) in [5.74, 6) is 1.07. The van der Waals surface area contributed by atoms with E-state index in [0.717, 1.165) is 31.6 Å². The van der Waals surface area contributed by atoms with E-state index in [1.165, 1.54) is 30.7 Å². The topological polar surface area (TPSA) is 89.3 Å². The summed E-state index contributed by atoms with van der Waals surface area (Å²) < 4.78 is 27.2. The molecule has 0 bridgehead atoms. The third-order valence-corrected chi connectivity index (χ3v) is 5.93. The number of sulfonamides is 1. The van der Waals surface area contributed by atoms with Crippen LogP contribution in [-0.2, 0) is 10.0 Å². The van der Waals surface area contributed by atoms with Gasteiger partial charge in [-0.1, -0.05) is 38.3 Å². The van der Waals surface area contributed by atoms with E-state index < -0.39 is 14.9 Å². The van der Waals surface area contributed by atoms with Crippen LogP contribution in [0.1, 0.15) is 39.0 Å². The zero-order chi connectivity index (χ0) is 16.2. The average molecular weight is 326 g/mol. The Morgan fingerprint density at radius 1 is 1.18 bits per heavy atom. The second kappa shape index (κ2) is 7.19. The molecule has 1 fully saturated rings. The highest BCUT2D eigenvalue weighted by molar-refractivity contribution is 7.89. The zero-order valence-electron chi connectivity index (χ0n) is 12.7. The van der Waals surface area contributed by atoms with Crippen LogP contribution in [-0.4, -0.2) is 19.9 Å². The van der Waals surface area contributed by atoms with E-state index in [1.807, 2.05) is 0 Å². The number of benzene rings is 1. The van der Waals surface area contributed by atoms with Crippen LogP contribution in [0.15, 0.2) is 29.2 Å². The van der Waals surface area contributed by atoms with Gasteiger partial charge in [0.15, 0.2) is 4.90 Å². The summed E-state index contributed by atoms with van der Waals surface area (Å²) in [6, 6.07) is 5.44. The van der Waals surface area contributed by atoms with Gasteiger partial charge in [-0.3, -0.25) is 10.1 Å². The molecule has 2 rings (SSSR count). The minimum absolute atomic E-state index is 0.262. The maximum absolute atomic E-state index is 12.3. The minimum atomic E-state index is -3.85. The van der Waals surface area contributed by atoms with Crippen LogP contribution in [0.3, 0.4) is 0 Å². The molecule has 0 heterocycles. The highest BCUT2D eigenvalue weighted by atomic mass is 32.2. The van der Waals surface area contributed by atoms with Gasteiger partial charge in [-0.2, -0.15) is 0 Å². The van der Waals surface area contributed by atoms with E-state index in [2.05, 4.69) is 11.6 Å². The van der Waals surface area contributed by atoms with Gasteiger partial charge in [0, 0.05) is 12.6 Å². The molecule has 1 aromatic carbocycles. The minimum Gasteiger partial charge on any atom is -0.258 e. The van der Waals surface area contributed by atoms with Crippen molar-refractivity contribution in [2.45, 2.75) is 43.9 Å². The standard InChI is InChI=1S/C15H22N2O4S/c1-2-12-7-9-13(10-8-12)11-16-22(20,21)15-6-4-3-5-14(15)17(18)19/h3-6,12-13,16H,2,7-11H2,1H3. The van der Waals surface area contributed by atoms with Gasteiger partial charge in [0.1, 0.15) is 0 Å². The molecule has 0 saturated heterocycles. The Kier molecular flexibility index (Phi) is 5.52. The fourth-order valence-corrected chi connectivity index (χ4v) is 4.27. The molecule has 1 aliphatic rings. The molecule has 1 aromatic rings. The van der Waals surface area contributed by atoms with Gasteiger partial charge in [-0.25, -0.2) is 13.1 Å². The van der Waals surface area contributed by atoms with Crippen molar-refractivity contribution in [1.29, 1.82) is 0 Å². The first-order valence-electron chi connectivity index (χ1n) is 7.67. The smallest absolute Gasteiger partial charge is 0.258 e. The van der Waals surface area contributed by atoms with Gasteiger partial charge in [-0.15, -0.1) is 0 Å². The number of nitrogens with one attached hydrogen (secondary N) is 1. The molecule has 0 radical (unpaired) electrons. The number of hydrogen-bond acceptors (Lipinski definition) is 4. The van der Waals surface area contributed by atoms with Crippen LogP contribution in [0.25, 0.3) is 0 Å². The van der Waals surface area contributed by atoms with Crippen LogP contribution in [0.4, 0.5) is 5.69 Å². The number of rotatable bonds is 6. The van der Waals surface area contributed by atoms with Crippen molar-refractivity contribution in [3.05, 3.63) is 34.4 Å². The maximum atomic E-state index is 12.3. The normalized spacial score (nSPS) is 22.4. The molecular formula is C15H22N2O4S. The van der Waals surface area contributed by atoms with E-state index in [9.17, 15) is 18.5 Å². The first-order chi connectivity index (χ1) is 10.4. The van der Waals surface area contributed by atoms with Crippen LogP contribution in [0.2, 0.25) is 0 Å². The second-order valence-corrected chi connectivity index (χ2v) is 7.61. The largest absolute Gasteiger partial charge is 0.289 e. The molecule has 0 unspecified atom stereocenters. The Morgan fingerprint density at radius 2 is 1.77 bits per heavy atom. The number of nitro groups is 1. The summed E-state index contributed by atoms with van der Waals surface area (Å²) in [7, 11) is -3.85. The molecule has 1 saturated carbocycles. The number of nitro benzene ring substituents is 1. The fraction of sp³-hybridized carbons (Fsp3) is 0.600. The summed E-state index contributed by atoms with van der Waals surface area (Å²) >= 11 is 0. The summed E-state index contributed by atoms with van der Waals surface area (Å²) in [5.41, 5.74) is -0.385.